The first-order valence-corrected chi connectivity index (χ1v) is 15.9. The zero-order valence-electron chi connectivity index (χ0n) is 22.8. The summed E-state index contributed by atoms with van der Waals surface area (Å²) in [5, 5.41) is 25.1. The lowest BCUT2D eigenvalue weighted by molar-refractivity contribution is -0.154. The SMILES string of the molecule is CC(=O)Nc1nnc(C2=C(C(=O)OC(c3ccccc3)c3ccccc3)N3C(=O)C(NC(=O)C(N=O)=C(O)CBr)[C@H]3SC2)s1. The van der Waals surface area contributed by atoms with Crippen LogP contribution in [0.3, 0.4) is 0 Å². The zero-order valence-corrected chi connectivity index (χ0v) is 26.0. The van der Waals surface area contributed by atoms with E-state index in [1.54, 1.807) is 0 Å². The van der Waals surface area contributed by atoms with Crippen molar-refractivity contribution >= 4 is 73.4 Å². The Kier molecular flexibility index (Phi) is 9.51. The van der Waals surface area contributed by atoms with Gasteiger partial charge in [-0.2, -0.15) is 0 Å². The van der Waals surface area contributed by atoms with E-state index in [9.17, 15) is 29.2 Å². The van der Waals surface area contributed by atoms with Gasteiger partial charge in [0, 0.05) is 18.2 Å². The summed E-state index contributed by atoms with van der Waals surface area (Å²) in [6.45, 7) is 1.32. The van der Waals surface area contributed by atoms with Crippen LogP contribution in [0.1, 0.15) is 29.2 Å². The number of carbonyl (C=O) groups is 4. The number of thioether (sulfide) groups is 1. The number of anilines is 1. The third kappa shape index (κ3) is 6.27. The Balaban J connectivity index is 1.51. The number of hydrogen-bond acceptors (Lipinski definition) is 12. The molecule has 0 radical (unpaired) electrons. The van der Waals surface area contributed by atoms with Crippen molar-refractivity contribution in [3.63, 3.8) is 0 Å². The molecular formula is C28H23BrN6O7S2. The molecule has 226 valence electrons. The van der Waals surface area contributed by atoms with Crippen LogP contribution < -0.4 is 10.6 Å². The zero-order chi connectivity index (χ0) is 31.4. The van der Waals surface area contributed by atoms with Crippen molar-refractivity contribution < 1.29 is 29.0 Å². The van der Waals surface area contributed by atoms with Gasteiger partial charge in [0.1, 0.15) is 27.9 Å². The second kappa shape index (κ2) is 13.5. The van der Waals surface area contributed by atoms with Gasteiger partial charge in [-0.25, -0.2) is 4.79 Å². The van der Waals surface area contributed by atoms with E-state index in [4.69, 9.17) is 4.74 Å². The van der Waals surface area contributed by atoms with E-state index in [-0.39, 0.29) is 27.8 Å². The molecule has 2 aliphatic rings. The van der Waals surface area contributed by atoms with Crippen LogP contribution in [-0.4, -0.2) is 66.4 Å². The van der Waals surface area contributed by atoms with Crippen LogP contribution in [0.2, 0.25) is 0 Å². The van der Waals surface area contributed by atoms with Crippen LogP contribution in [-0.2, 0) is 23.9 Å². The van der Waals surface area contributed by atoms with Crippen molar-refractivity contribution in [3.05, 3.63) is 98.9 Å². The van der Waals surface area contributed by atoms with Crippen LogP contribution >= 0.6 is 39.0 Å². The van der Waals surface area contributed by atoms with E-state index in [2.05, 4.69) is 41.9 Å². The van der Waals surface area contributed by atoms with E-state index in [0.717, 1.165) is 11.3 Å². The third-order valence-electron chi connectivity index (χ3n) is 6.55. The first-order valence-electron chi connectivity index (χ1n) is 13.0. The second-order valence-corrected chi connectivity index (χ2v) is 12.1. The van der Waals surface area contributed by atoms with Gasteiger partial charge in [0.25, 0.3) is 11.8 Å². The second-order valence-electron chi connectivity index (χ2n) is 9.41. The number of halogens is 1. The molecule has 0 saturated carbocycles. The molecule has 3 amide bonds. The molecule has 0 spiro atoms. The number of ether oxygens (including phenoxy) is 1. The number of hydrogen-bond donors (Lipinski definition) is 3. The maximum Gasteiger partial charge on any atom is 0.356 e. The van der Waals surface area contributed by atoms with Crippen molar-refractivity contribution in [1.29, 1.82) is 0 Å². The number of carbonyl (C=O) groups excluding carboxylic acids is 4. The number of amides is 3. The summed E-state index contributed by atoms with van der Waals surface area (Å²) in [7, 11) is 0. The van der Waals surface area contributed by atoms with Gasteiger partial charge in [-0.15, -0.1) is 26.9 Å². The van der Waals surface area contributed by atoms with Gasteiger partial charge >= 0.3 is 5.97 Å². The van der Waals surface area contributed by atoms with Crippen molar-refractivity contribution in [1.82, 2.24) is 20.4 Å². The number of allylic oxidation sites excluding steroid dienone is 1. The summed E-state index contributed by atoms with van der Waals surface area (Å²) in [5.74, 6) is -3.28. The smallest absolute Gasteiger partial charge is 0.356 e. The first kappa shape index (κ1) is 31.0. The predicted octanol–water partition coefficient (Wildman–Crippen LogP) is 3.87. The van der Waals surface area contributed by atoms with Crippen LogP contribution in [0, 0.1) is 4.91 Å². The lowest BCUT2D eigenvalue weighted by Crippen LogP contribution is -2.70. The van der Waals surface area contributed by atoms with E-state index in [0.29, 0.717) is 21.7 Å². The maximum atomic E-state index is 14.1. The summed E-state index contributed by atoms with van der Waals surface area (Å²) < 4.78 is 6.10. The fraction of sp³-hybridized carbons (Fsp3) is 0.214. The molecule has 0 bridgehead atoms. The van der Waals surface area contributed by atoms with Crippen molar-refractivity contribution in [2.24, 2.45) is 5.18 Å². The van der Waals surface area contributed by atoms with Gasteiger partial charge in [-0.3, -0.25) is 19.3 Å². The highest BCUT2D eigenvalue weighted by molar-refractivity contribution is 9.09. The number of nitroso groups, excluding NO2 is 1. The monoisotopic (exact) mass is 698 g/mol. The molecule has 2 aliphatic heterocycles. The largest absolute Gasteiger partial charge is 0.509 e. The molecule has 0 aliphatic carbocycles. The number of aliphatic hydroxyl groups is 1. The number of esters is 1. The van der Waals surface area contributed by atoms with Crippen molar-refractivity contribution in [2.75, 3.05) is 16.4 Å². The maximum absolute atomic E-state index is 14.1. The van der Waals surface area contributed by atoms with Crippen molar-refractivity contribution in [3.8, 4) is 0 Å². The minimum Gasteiger partial charge on any atom is -0.509 e. The Bertz CT molecular complexity index is 1640. The fourth-order valence-electron chi connectivity index (χ4n) is 4.56. The average molecular weight is 700 g/mol. The number of alkyl halides is 1. The van der Waals surface area contributed by atoms with Crippen LogP contribution in [0.15, 0.2) is 83.0 Å². The highest BCUT2D eigenvalue weighted by Crippen LogP contribution is 2.45. The number of aliphatic hydroxyl groups excluding tert-OH is 1. The van der Waals surface area contributed by atoms with Crippen LogP contribution in [0.25, 0.3) is 5.57 Å². The van der Waals surface area contributed by atoms with Crippen LogP contribution in [0.5, 0.6) is 0 Å². The van der Waals surface area contributed by atoms with Gasteiger partial charge in [0.15, 0.2) is 6.10 Å². The molecule has 2 aromatic carbocycles. The topological polar surface area (TPSA) is 180 Å². The molecule has 2 atom stereocenters. The standard InChI is InChI=1S/C28H23BrN6O7S2/c1-14(36)30-28-33-32-24(44-28)17-13-43-26-20(31-23(38)19(34-41)18(37)12-29)25(39)35(26)21(17)27(40)42-22(15-8-4-2-5-9-15)16-10-6-3-7-11-16/h2-11,20,22,26,37H,12-13H2,1H3,(H,31,38)(H,30,33,36)/t20?,26-/m1/s1. The summed E-state index contributed by atoms with van der Waals surface area (Å²) in [4.78, 5) is 64.2. The number of nitrogens with one attached hydrogen (secondary N) is 2. The predicted molar refractivity (Wildman–Crippen MR) is 166 cm³/mol. The van der Waals surface area contributed by atoms with E-state index in [1.807, 2.05) is 60.7 Å². The summed E-state index contributed by atoms with van der Waals surface area (Å²) in [6, 6.07) is 17.1. The average Bonchev–Trinajstić information content (AvgIpc) is 3.50. The molecule has 3 aromatic rings. The Labute approximate surface area is 266 Å². The normalized spacial score (nSPS) is 18.2. The number of benzene rings is 2. The van der Waals surface area contributed by atoms with E-state index < -0.39 is 46.8 Å². The summed E-state index contributed by atoms with van der Waals surface area (Å²) >= 11 is 5.22. The molecular weight excluding hydrogens is 676 g/mol. The fourth-order valence-corrected chi connectivity index (χ4v) is 7.10. The molecule has 44 heavy (non-hydrogen) atoms. The molecule has 13 nitrogen and oxygen atoms in total. The minimum atomic E-state index is -1.12. The van der Waals surface area contributed by atoms with E-state index >= 15 is 0 Å². The van der Waals surface area contributed by atoms with Gasteiger partial charge in [0.05, 0.1) is 5.33 Å². The molecule has 1 fully saturated rings. The molecule has 5 rings (SSSR count). The molecule has 1 aromatic heterocycles. The van der Waals surface area contributed by atoms with Gasteiger partial charge < -0.3 is 20.5 Å². The molecule has 1 unspecified atom stereocenters. The summed E-state index contributed by atoms with van der Waals surface area (Å²) in [5.41, 5.74) is 0.909. The highest BCUT2D eigenvalue weighted by Gasteiger charge is 2.55. The van der Waals surface area contributed by atoms with Gasteiger partial charge in [-0.05, 0) is 16.3 Å². The Hall–Kier alpha value is -4.41. The Morgan fingerprint density at radius 3 is 2.32 bits per heavy atom. The Morgan fingerprint density at radius 1 is 1.11 bits per heavy atom. The molecule has 1 saturated heterocycles. The number of rotatable bonds is 10. The molecule has 16 heteroatoms. The minimum absolute atomic E-state index is 0.0841. The first-order chi connectivity index (χ1) is 21.2. The number of fused-ring (bicyclic) bond motifs is 1. The Morgan fingerprint density at radius 2 is 1.75 bits per heavy atom. The number of aromatic nitrogens is 2. The highest BCUT2D eigenvalue weighted by atomic mass is 79.9. The third-order valence-corrected chi connectivity index (χ3v) is 9.26. The van der Waals surface area contributed by atoms with Gasteiger partial charge in [-0.1, -0.05) is 87.9 Å². The van der Waals surface area contributed by atoms with Crippen molar-refractivity contribution in [2.45, 2.75) is 24.4 Å². The quantitative estimate of drug-likeness (QED) is 0.0702. The van der Waals surface area contributed by atoms with Gasteiger partial charge in [0.2, 0.25) is 16.7 Å². The van der Waals surface area contributed by atoms with E-state index in [1.165, 1.54) is 23.6 Å². The molecule has 3 N–H and O–H groups in total. The molecule has 3 heterocycles. The van der Waals surface area contributed by atoms with Crippen LogP contribution in [0.4, 0.5) is 5.13 Å². The number of β-lactam (4-membered cyclic amide) rings is 1. The number of nitrogens with zero attached hydrogens (tertiary/aromatic N) is 4. The lowest BCUT2D eigenvalue weighted by atomic mass is 10.0. The lowest BCUT2D eigenvalue weighted by Gasteiger charge is -2.49. The summed E-state index contributed by atoms with van der Waals surface area (Å²) in [6.07, 6.45) is -0.818.